The number of nitrogens with zero attached hydrogens (tertiary/aromatic N) is 2. The van der Waals surface area contributed by atoms with Gasteiger partial charge in [0.2, 0.25) is 5.91 Å². The minimum Gasteiger partial charge on any atom is -0.296 e. The maximum Gasteiger partial charge on any atom is 0.229 e. The highest BCUT2D eigenvalue weighted by Crippen LogP contribution is 2.28. The van der Waals surface area contributed by atoms with Gasteiger partial charge in [-0.25, -0.2) is 4.98 Å². The number of pyridine rings is 1. The highest BCUT2D eigenvalue weighted by Gasteiger charge is 2.32. The summed E-state index contributed by atoms with van der Waals surface area (Å²) in [7, 11) is 0. The fourth-order valence-electron chi connectivity index (χ4n) is 1.89. The van der Waals surface area contributed by atoms with E-state index in [1.807, 2.05) is 0 Å². The Morgan fingerprint density at radius 1 is 1.56 bits per heavy atom. The van der Waals surface area contributed by atoms with E-state index in [2.05, 4.69) is 4.98 Å². The van der Waals surface area contributed by atoms with Crippen molar-refractivity contribution in [1.82, 2.24) is 4.98 Å². The topological polar surface area (TPSA) is 50.3 Å². The number of carbonyl (C=O) groups excluding carboxylic acids is 2. The van der Waals surface area contributed by atoms with Crippen molar-refractivity contribution in [2.75, 3.05) is 11.4 Å². The van der Waals surface area contributed by atoms with E-state index in [9.17, 15) is 9.59 Å². The Labute approximate surface area is 115 Å². The van der Waals surface area contributed by atoms with E-state index in [4.69, 9.17) is 11.6 Å². The van der Waals surface area contributed by atoms with Crippen LogP contribution in [0, 0.1) is 6.92 Å². The van der Waals surface area contributed by atoms with Crippen molar-refractivity contribution in [3.8, 4) is 0 Å². The van der Waals surface area contributed by atoms with Crippen LogP contribution in [0.5, 0.6) is 0 Å². The quantitative estimate of drug-likeness (QED) is 0.837. The number of halogens is 1. The maximum atomic E-state index is 11.9. The number of aryl methyl sites for hydroxylation is 1. The molecule has 4 nitrogen and oxygen atoms in total. The summed E-state index contributed by atoms with van der Waals surface area (Å²) in [5.41, 5.74) is 0.699. The highest BCUT2D eigenvalue weighted by molar-refractivity contribution is 8.14. The van der Waals surface area contributed by atoms with Crippen LogP contribution in [0.3, 0.4) is 0 Å². The van der Waals surface area contributed by atoms with Crippen LogP contribution < -0.4 is 4.90 Å². The lowest BCUT2D eigenvalue weighted by molar-refractivity contribution is -0.117. The first kappa shape index (κ1) is 13.4. The molecule has 1 aliphatic rings. The lowest BCUT2D eigenvalue weighted by Crippen LogP contribution is -2.26. The van der Waals surface area contributed by atoms with E-state index in [0.29, 0.717) is 29.5 Å². The molecule has 1 fully saturated rings. The molecule has 1 aromatic heterocycles. The zero-order valence-electron chi connectivity index (χ0n) is 10.1. The molecule has 0 N–H and O–H groups in total. The summed E-state index contributed by atoms with van der Waals surface area (Å²) in [5.74, 6) is 0.608. The smallest absolute Gasteiger partial charge is 0.229 e. The summed E-state index contributed by atoms with van der Waals surface area (Å²) < 4.78 is 0. The van der Waals surface area contributed by atoms with E-state index < -0.39 is 0 Å². The number of thioether (sulfide) groups is 1. The number of anilines is 1. The molecule has 2 heterocycles. The van der Waals surface area contributed by atoms with Crippen LogP contribution in [0.1, 0.15) is 19.0 Å². The normalized spacial score (nSPS) is 19.4. The highest BCUT2D eigenvalue weighted by atomic mass is 35.5. The molecule has 0 aliphatic carbocycles. The average molecular weight is 285 g/mol. The molecule has 0 bridgehead atoms. The monoisotopic (exact) mass is 284 g/mol. The Morgan fingerprint density at radius 2 is 2.28 bits per heavy atom. The van der Waals surface area contributed by atoms with Gasteiger partial charge in [0.1, 0.15) is 5.82 Å². The van der Waals surface area contributed by atoms with E-state index >= 15 is 0 Å². The van der Waals surface area contributed by atoms with Crippen molar-refractivity contribution in [3.05, 3.63) is 22.8 Å². The van der Waals surface area contributed by atoms with Gasteiger partial charge in [-0.3, -0.25) is 14.5 Å². The summed E-state index contributed by atoms with van der Waals surface area (Å²) in [6, 6.07) is 3.46. The number of amides is 1. The minimum atomic E-state index is 0.00275. The molecule has 0 spiro atoms. The van der Waals surface area contributed by atoms with Gasteiger partial charge in [0.05, 0.1) is 10.7 Å². The SMILES string of the molecule is CC(=O)SC1CC(=O)N(c2ccc(Cl)c(C)n2)C1. The van der Waals surface area contributed by atoms with Gasteiger partial charge in [-0.1, -0.05) is 23.4 Å². The van der Waals surface area contributed by atoms with Gasteiger partial charge in [0.25, 0.3) is 0 Å². The molecule has 1 saturated heterocycles. The Balaban J connectivity index is 2.16. The Morgan fingerprint density at radius 3 is 2.89 bits per heavy atom. The van der Waals surface area contributed by atoms with E-state index in [1.165, 1.54) is 18.7 Å². The third-order valence-electron chi connectivity index (χ3n) is 2.71. The largest absolute Gasteiger partial charge is 0.296 e. The van der Waals surface area contributed by atoms with E-state index in [1.54, 1.807) is 24.0 Å². The number of aromatic nitrogens is 1. The first-order valence-electron chi connectivity index (χ1n) is 5.58. The Hall–Kier alpha value is -1.07. The fourth-order valence-corrected chi connectivity index (χ4v) is 2.92. The van der Waals surface area contributed by atoms with Crippen LogP contribution >= 0.6 is 23.4 Å². The van der Waals surface area contributed by atoms with Gasteiger partial charge < -0.3 is 0 Å². The van der Waals surface area contributed by atoms with E-state index in [0.717, 1.165) is 0 Å². The number of rotatable bonds is 2. The standard InChI is InChI=1S/C12H13ClN2O2S/c1-7-10(13)3-4-11(14-7)15-6-9(5-12(15)17)18-8(2)16/h3-4,9H,5-6H2,1-2H3. The summed E-state index contributed by atoms with van der Waals surface area (Å²) in [5, 5.41) is 0.641. The van der Waals surface area contributed by atoms with Crippen LogP contribution in [-0.2, 0) is 9.59 Å². The summed E-state index contributed by atoms with van der Waals surface area (Å²) in [6.45, 7) is 3.84. The molecule has 96 valence electrons. The van der Waals surface area contributed by atoms with Gasteiger partial charge in [-0.15, -0.1) is 0 Å². The lowest BCUT2D eigenvalue weighted by Gasteiger charge is -2.16. The van der Waals surface area contributed by atoms with Gasteiger partial charge >= 0.3 is 0 Å². The van der Waals surface area contributed by atoms with Crippen LogP contribution in [0.15, 0.2) is 12.1 Å². The predicted molar refractivity (Wildman–Crippen MR) is 73.0 cm³/mol. The molecule has 6 heteroatoms. The predicted octanol–water partition coefficient (Wildman–Crippen LogP) is 2.43. The first-order valence-corrected chi connectivity index (χ1v) is 6.84. The molecule has 0 saturated carbocycles. The summed E-state index contributed by atoms with van der Waals surface area (Å²) in [6.07, 6.45) is 0.383. The van der Waals surface area contributed by atoms with Crippen LogP contribution in [-0.4, -0.2) is 27.8 Å². The molecule has 1 amide bonds. The molecule has 0 aromatic carbocycles. The third kappa shape index (κ3) is 2.84. The maximum absolute atomic E-state index is 11.9. The van der Waals surface area contributed by atoms with Crippen molar-refractivity contribution in [2.45, 2.75) is 25.5 Å². The molecule has 2 rings (SSSR count). The minimum absolute atomic E-state index is 0.00275. The lowest BCUT2D eigenvalue weighted by atomic mass is 10.3. The second-order valence-corrected chi connectivity index (χ2v) is 6.06. The van der Waals surface area contributed by atoms with Crippen LogP contribution in [0.25, 0.3) is 0 Å². The molecule has 18 heavy (non-hydrogen) atoms. The third-order valence-corrected chi connectivity index (χ3v) is 4.09. The molecule has 0 radical (unpaired) electrons. The second kappa shape index (κ2) is 5.28. The van der Waals surface area contributed by atoms with Gasteiger partial charge in [-0.05, 0) is 19.1 Å². The molecule has 1 atom stereocenters. The molecule has 1 aromatic rings. The zero-order valence-corrected chi connectivity index (χ0v) is 11.7. The molecular formula is C12H13ClN2O2S. The van der Waals surface area contributed by atoms with Crippen molar-refractivity contribution in [3.63, 3.8) is 0 Å². The van der Waals surface area contributed by atoms with Gasteiger partial charge in [0, 0.05) is 25.1 Å². The van der Waals surface area contributed by atoms with Crippen molar-refractivity contribution >= 4 is 40.2 Å². The molecule has 1 aliphatic heterocycles. The van der Waals surface area contributed by atoms with E-state index in [-0.39, 0.29) is 16.3 Å². The second-order valence-electron chi connectivity index (χ2n) is 4.18. The van der Waals surface area contributed by atoms with Gasteiger partial charge in [0.15, 0.2) is 5.12 Å². The Kier molecular flexibility index (Phi) is 3.92. The number of hydrogen-bond donors (Lipinski definition) is 0. The fraction of sp³-hybridized carbons (Fsp3) is 0.417. The molecule has 1 unspecified atom stereocenters. The Bertz CT molecular complexity index is 507. The van der Waals surface area contributed by atoms with Crippen LogP contribution in [0.2, 0.25) is 5.02 Å². The number of hydrogen-bond acceptors (Lipinski definition) is 4. The van der Waals surface area contributed by atoms with Gasteiger partial charge in [-0.2, -0.15) is 0 Å². The van der Waals surface area contributed by atoms with Crippen molar-refractivity contribution in [2.24, 2.45) is 0 Å². The van der Waals surface area contributed by atoms with Crippen LogP contribution in [0.4, 0.5) is 5.82 Å². The number of carbonyl (C=O) groups is 2. The summed E-state index contributed by atoms with van der Waals surface area (Å²) >= 11 is 7.12. The summed E-state index contributed by atoms with van der Waals surface area (Å²) in [4.78, 5) is 28.9. The first-order chi connectivity index (χ1) is 8.47. The van der Waals surface area contributed by atoms with Crippen molar-refractivity contribution in [1.29, 1.82) is 0 Å². The average Bonchev–Trinajstić information content (AvgIpc) is 2.62. The van der Waals surface area contributed by atoms with Crippen molar-refractivity contribution < 1.29 is 9.59 Å². The molecular weight excluding hydrogens is 272 g/mol. The zero-order chi connectivity index (χ0) is 13.3.